The normalized spacial score (nSPS) is 12.7. The Labute approximate surface area is 172 Å². The van der Waals surface area contributed by atoms with Gasteiger partial charge in [0, 0.05) is 25.3 Å². The molecule has 29 heavy (non-hydrogen) atoms. The third-order valence-electron chi connectivity index (χ3n) is 4.45. The van der Waals surface area contributed by atoms with Crippen molar-refractivity contribution in [2.75, 3.05) is 19.4 Å². The summed E-state index contributed by atoms with van der Waals surface area (Å²) in [5.41, 5.74) is 1.97. The Hall–Kier alpha value is -2.71. The molecule has 1 atom stereocenters. The Kier molecular flexibility index (Phi) is 7.16. The summed E-state index contributed by atoms with van der Waals surface area (Å²) in [4.78, 5) is 25.3. The molecule has 0 saturated heterocycles. The first-order chi connectivity index (χ1) is 13.5. The molecule has 0 saturated carbocycles. The average Bonchev–Trinajstić information content (AvgIpc) is 2.66. The highest BCUT2D eigenvalue weighted by molar-refractivity contribution is 7.89. The molecule has 0 aromatic heterocycles. The Morgan fingerprint density at radius 2 is 1.48 bits per heavy atom. The van der Waals surface area contributed by atoms with Crippen LogP contribution in [0.15, 0.2) is 53.4 Å². The van der Waals surface area contributed by atoms with Crippen molar-refractivity contribution >= 4 is 27.5 Å². The Morgan fingerprint density at radius 1 is 0.931 bits per heavy atom. The SMILES string of the molecule is Cc1ccc(C(=O)N[C@H](C(=O)Nc2ccc(S(=O)(=O)N(C)C)cc2)C(C)C)cc1. The van der Waals surface area contributed by atoms with Gasteiger partial charge in [0.2, 0.25) is 15.9 Å². The van der Waals surface area contributed by atoms with Crippen LogP contribution in [0.1, 0.15) is 29.8 Å². The van der Waals surface area contributed by atoms with Crippen LogP contribution in [0.3, 0.4) is 0 Å². The second kappa shape index (κ2) is 9.19. The minimum Gasteiger partial charge on any atom is -0.340 e. The molecule has 0 unspecified atom stereocenters. The van der Waals surface area contributed by atoms with Crippen molar-refractivity contribution in [1.29, 1.82) is 0 Å². The van der Waals surface area contributed by atoms with Gasteiger partial charge in [-0.3, -0.25) is 9.59 Å². The first-order valence-electron chi connectivity index (χ1n) is 9.23. The number of carbonyl (C=O) groups excluding carboxylic acids is 2. The van der Waals surface area contributed by atoms with Gasteiger partial charge in [-0.2, -0.15) is 0 Å². The van der Waals surface area contributed by atoms with E-state index in [1.807, 2.05) is 32.9 Å². The predicted octanol–water partition coefficient (Wildman–Crippen LogP) is 2.64. The quantitative estimate of drug-likeness (QED) is 0.724. The molecular weight excluding hydrogens is 390 g/mol. The van der Waals surface area contributed by atoms with Crippen LogP contribution in [-0.4, -0.2) is 44.7 Å². The topological polar surface area (TPSA) is 95.6 Å². The van der Waals surface area contributed by atoms with E-state index in [1.54, 1.807) is 12.1 Å². The van der Waals surface area contributed by atoms with Crippen LogP contribution in [-0.2, 0) is 14.8 Å². The van der Waals surface area contributed by atoms with Crippen LogP contribution in [0, 0.1) is 12.8 Å². The van der Waals surface area contributed by atoms with Gasteiger partial charge in [0.05, 0.1) is 4.90 Å². The highest BCUT2D eigenvalue weighted by atomic mass is 32.2. The van der Waals surface area contributed by atoms with Gasteiger partial charge in [-0.05, 0) is 49.2 Å². The van der Waals surface area contributed by atoms with Crippen molar-refractivity contribution in [3.63, 3.8) is 0 Å². The van der Waals surface area contributed by atoms with Gasteiger partial charge in [0.15, 0.2) is 0 Å². The van der Waals surface area contributed by atoms with Crippen LogP contribution in [0.25, 0.3) is 0 Å². The summed E-state index contributed by atoms with van der Waals surface area (Å²) in [6.07, 6.45) is 0. The molecule has 2 amide bonds. The number of rotatable bonds is 7. The van der Waals surface area contributed by atoms with Crippen LogP contribution >= 0.6 is 0 Å². The van der Waals surface area contributed by atoms with Crippen molar-refractivity contribution in [2.45, 2.75) is 31.7 Å². The summed E-state index contributed by atoms with van der Waals surface area (Å²) in [5, 5.41) is 5.50. The first kappa shape index (κ1) is 22.6. The van der Waals surface area contributed by atoms with Gasteiger partial charge in [0.1, 0.15) is 6.04 Å². The highest BCUT2D eigenvalue weighted by Crippen LogP contribution is 2.17. The van der Waals surface area contributed by atoms with E-state index in [0.29, 0.717) is 11.3 Å². The molecule has 2 N–H and O–H groups in total. The molecule has 8 heteroatoms. The largest absolute Gasteiger partial charge is 0.340 e. The lowest BCUT2D eigenvalue weighted by Gasteiger charge is -2.22. The summed E-state index contributed by atoms with van der Waals surface area (Å²) in [5.74, 6) is -0.840. The number of hydrogen-bond donors (Lipinski definition) is 2. The predicted molar refractivity (Wildman–Crippen MR) is 113 cm³/mol. The van der Waals surface area contributed by atoms with E-state index >= 15 is 0 Å². The summed E-state index contributed by atoms with van der Waals surface area (Å²) < 4.78 is 25.4. The van der Waals surface area contributed by atoms with Crippen molar-refractivity contribution in [3.8, 4) is 0 Å². The smallest absolute Gasteiger partial charge is 0.251 e. The van der Waals surface area contributed by atoms with E-state index in [9.17, 15) is 18.0 Å². The van der Waals surface area contributed by atoms with E-state index in [-0.39, 0.29) is 22.6 Å². The molecule has 0 aliphatic rings. The second-order valence-corrected chi connectivity index (χ2v) is 9.51. The number of carbonyl (C=O) groups is 2. The molecule has 0 spiro atoms. The first-order valence-corrected chi connectivity index (χ1v) is 10.7. The van der Waals surface area contributed by atoms with Crippen LogP contribution in [0.2, 0.25) is 0 Å². The van der Waals surface area contributed by atoms with Crippen molar-refractivity contribution < 1.29 is 18.0 Å². The van der Waals surface area contributed by atoms with Crippen LogP contribution < -0.4 is 10.6 Å². The van der Waals surface area contributed by atoms with Crippen molar-refractivity contribution in [1.82, 2.24) is 9.62 Å². The molecule has 0 aliphatic carbocycles. The second-order valence-electron chi connectivity index (χ2n) is 7.36. The Balaban J connectivity index is 2.11. The molecule has 0 fully saturated rings. The summed E-state index contributed by atoms with van der Waals surface area (Å²) in [6, 6.07) is 12.3. The fourth-order valence-electron chi connectivity index (χ4n) is 2.61. The fraction of sp³-hybridized carbons (Fsp3) is 0.333. The third kappa shape index (κ3) is 5.65. The zero-order valence-corrected chi connectivity index (χ0v) is 18.1. The van der Waals surface area contributed by atoms with Crippen LogP contribution in [0.4, 0.5) is 5.69 Å². The number of nitrogens with zero attached hydrogens (tertiary/aromatic N) is 1. The summed E-state index contributed by atoms with van der Waals surface area (Å²) in [7, 11) is -0.631. The van der Waals surface area contributed by atoms with E-state index in [1.165, 1.54) is 38.4 Å². The number of sulfonamides is 1. The standard InChI is InChI=1S/C21H27N3O4S/c1-14(2)19(23-20(25)16-8-6-15(3)7-9-16)21(26)22-17-10-12-18(13-11-17)29(27,28)24(4)5/h6-14,19H,1-5H3,(H,22,26)(H,23,25)/t19-/m0/s1. The van der Waals surface area contributed by atoms with E-state index < -0.39 is 16.1 Å². The van der Waals surface area contributed by atoms with E-state index in [2.05, 4.69) is 10.6 Å². The Bertz CT molecular complexity index is 966. The minimum absolute atomic E-state index is 0.133. The lowest BCUT2D eigenvalue weighted by Crippen LogP contribution is -2.47. The number of amides is 2. The number of benzene rings is 2. The molecular formula is C21H27N3O4S. The maximum Gasteiger partial charge on any atom is 0.251 e. The minimum atomic E-state index is -3.54. The fourth-order valence-corrected chi connectivity index (χ4v) is 3.51. The van der Waals surface area contributed by atoms with Crippen molar-refractivity contribution in [2.24, 2.45) is 5.92 Å². The zero-order valence-electron chi connectivity index (χ0n) is 17.3. The number of anilines is 1. The molecule has 7 nitrogen and oxygen atoms in total. The van der Waals surface area contributed by atoms with Crippen molar-refractivity contribution in [3.05, 3.63) is 59.7 Å². The lowest BCUT2D eigenvalue weighted by molar-refractivity contribution is -0.118. The molecule has 0 heterocycles. The lowest BCUT2D eigenvalue weighted by atomic mass is 10.0. The molecule has 0 bridgehead atoms. The molecule has 0 radical (unpaired) electrons. The van der Waals surface area contributed by atoms with Gasteiger partial charge < -0.3 is 10.6 Å². The third-order valence-corrected chi connectivity index (χ3v) is 6.28. The zero-order chi connectivity index (χ0) is 21.8. The van der Waals surface area contributed by atoms with Gasteiger partial charge >= 0.3 is 0 Å². The van der Waals surface area contributed by atoms with Gasteiger partial charge in [-0.1, -0.05) is 31.5 Å². The number of nitrogens with one attached hydrogen (secondary N) is 2. The maximum atomic E-state index is 12.7. The highest BCUT2D eigenvalue weighted by Gasteiger charge is 2.25. The summed E-state index contributed by atoms with van der Waals surface area (Å²) in [6.45, 7) is 5.61. The van der Waals surface area contributed by atoms with Crippen LogP contribution in [0.5, 0.6) is 0 Å². The van der Waals surface area contributed by atoms with Gasteiger partial charge in [-0.15, -0.1) is 0 Å². The number of aryl methyl sites for hydroxylation is 1. The monoisotopic (exact) mass is 417 g/mol. The number of hydrogen-bond acceptors (Lipinski definition) is 4. The average molecular weight is 418 g/mol. The molecule has 2 aromatic carbocycles. The van der Waals surface area contributed by atoms with E-state index in [4.69, 9.17) is 0 Å². The summed E-state index contributed by atoms with van der Waals surface area (Å²) >= 11 is 0. The molecule has 0 aliphatic heterocycles. The van der Waals surface area contributed by atoms with Gasteiger partial charge in [0.25, 0.3) is 5.91 Å². The molecule has 156 valence electrons. The Morgan fingerprint density at radius 3 is 1.97 bits per heavy atom. The molecule has 2 rings (SSSR count). The molecule has 2 aromatic rings. The van der Waals surface area contributed by atoms with E-state index in [0.717, 1.165) is 9.87 Å². The maximum absolute atomic E-state index is 12.7. The van der Waals surface area contributed by atoms with Gasteiger partial charge in [-0.25, -0.2) is 12.7 Å².